The van der Waals surface area contributed by atoms with Crippen LogP contribution >= 0.6 is 0 Å². The molecule has 26 heavy (non-hydrogen) atoms. The van der Waals surface area contributed by atoms with Gasteiger partial charge in [-0.25, -0.2) is 0 Å². The summed E-state index contributed by atoms with van der Waals surface area (Å²) in [6, 6.07) is 20.5. The lowest BCUT2D eigenvalue weighted by Crippen LogP contribution is -2.29. The van der Waals surface area contributed by atoms with Crippen molar-refractivity contribution in [3.63, 3.8) is 0 Å². The maximum Gasteiger partial charge on any atom is 0.107 e. The van der Waals surface area contributed by atoms with E-state index in [4.69, 9.17) is 14.2 Å². The monoisotopic (exact) mass is 352 g/mol. The van der Waals surface area contributed by atoms with Crippen LogP contribution in [0.4, 0.5) is 0 Å². The zero-order valence-electron chi connectivity index (χ0n) is 15.5. The molecule has 0 aliphatic carbocycles. The summed E-state index contributed by atoms with van der Waals surface area (Å²) >= 11 is 0. The Balaban J connectivity index is 1.53. The summed E-state index contributed by atoms with van der Waals surface area (Å²) in [5.41, 5.74) is 3.49. The van der Waals surface area contributed by atoms with Gasteiger partial charge in [-0.1, -0.05) is 66.2 Å². The first-order chi connectivity index (χ1) is 12.7. The molecule has 0 spiro atoms. The van der Waals surface area contributed by atoms with E-state index in [2.05, 4.69) is 30.8 Å². The molecule has 0 amide bonds. The molecule has 0 saturated carbocycles. The molecule has 0 N–H and O–H groups in total. The lowest BCUT2D eigenvalue weighted by Gasteiger charge is -2.19. The van der Waals surface area contributed by atoms with E-state index < -0.39 is 0 Å². The summed E-state index contributed by atoms with van der Waals surface area (Å²) in [6.45, 7) is 7.79. The third-order valence-corrected chi connectivity index (χ3v) is 4.55. The van der Waals surface area contributed by atoms with Crippen LogP contribution in [0.15, 0.2) is 72.8 Å². The predicted molar refractivity (Wildman–Crippen MR) is 104 cm³/mol. The van der Waals surface area contributed by atoms with Crippen molar-refractivity contribution in [2.45, 2.75) is 51.3 Å². The fraction of sp³-hybridized carbons (Fsp3) is 0.391. The minimum atomic E-state index is -0.0354. The van der Waals surface area contributed by atoms with Crippen molar-refractivity contribution in [3.05, 3.63) is 83.9 Å². The second kappa shape index (κ2) is 9.67. The highest BCUT2D eigenvalue weighted by Gasteiger charge is 2.36. The largest absolute Gasteiger partial charge is 0.374 e. The van der Waals surface area contributed by atoms with Gasteiger partial charge in [0.25, 0.3) is 0 Å². The molecular weight excluding hydrogens is 324 g/mol. The lowest BCUT2D eigenvalue weighted by atomic mass is 10.1. The first-order valence-electron chi connectivity index (χ1n) is 9.28. The van der Waals surface area contributed by atoms with Crippen LogP contribution in [-0.2, 0) is 27.4 Å². The molecule has 1 fully saturated rings. The fourth-order valence-electron chi connectivity index (χ4n) is 3.29. The molecule has 0 aromatic heterocycles. The minimum Gasteiger partial charge on any atom is -0.374 e. The molecule has 2 aromatic carbocycles. The molecule has 0 radical (unpaired) electrons. The summed E-state index contributed by atoms with van der Waals surface area (Å²) in [5, 5.41) is 0. The van der Waals surface area contributed by atoms with E-state index in [9.17, 15) is 0 Å². The van der Waals surface area contributed by atoms with E-state index in [0.29, 0.717) is 19.8 Å². The van der Waals surface area contributed by atoms with Gasteiger partial charge in [-0.05, 0) is 24.5 Å². The van der Waals surface area contributed by atoms with Gasteiger partial charge in [-0.3, -0.25) is 0 Å². The van der Waals surface area contributed by atoms with E-state index in [-0.39, 0.29) is 18.3 Å². The number of rotatable bonds is 9. The van der Waals surface area contributed by atoms with Gasteiger partial charge in [-0.15, -0.1) is 6.58 Å². The van der Waals surface area contributed by atoms with Crippen LogP contribution in [-0.4, -0.2) is 24.9 Å². The molecule has 3 heteroatoms. The zero-order valence-corrected chi connectivity index (χ0v) is 15.5. The van der Waals surface area contributed by atoms with Crippen LogP contribution in [0.2, 0.25) is 0 Å². The molecule has 1 aliphatic heterocycles. The van der Waals surface area contributed by atoms with Crippen molar-refractivity contribution in [1.29, 1.82) is 0 Å². The molecule has 3 rings (SSSR count). The molecular formula is C23H28O3. The molecule has 1 aliphatic rings. The highest BCUT2D eigenvalue weighted by molar-refractivity contribution is 5.14. The standard InChI is InChI=1S/C23H28O3/c1-18(2)13-21-14-22(25-16-20-11-7-4-8-12-20)23(26-21)17-24-15-19-9-5-3-6-10-19/h3-12,21-23H,1,13-17H2,2H3/t21-,22+,23-/m1/s1. The predicted octanol–water partition coefficient (Wildman–Crippen LogP) is 4.91. The maximum atomic E-state index is 6.20. The quantitative estimate of drug-likeness (QED) is 0.600. The lowest BCUT2D eigenvalue weighted by molar-refractivity contribution is -0.0708. The third-order valence-electron chi connectivity index (χ3n) is 4.55. The van der Waals surface area contributed by atoms with Crippen molar-refractivity contribution in [3.8, 4) is 0 Å². The second-order valence-electron chi connectivity index (χ2n) is 7.03. The number of ether oxygens (including phenoxy) is 3. The van der Waals surface area contributed by atoms with Crippen molar-refractivity contribution in [2.75, 3.05) is 6.61 Å². The first-order valence-corrected chi connectivity index (χ1v) is 9.28. The van der Waals surface area contributed by atoms with Gasteiger partial charge in [0.15, 0.2) is 0 Å². The molecule has 3 atom stereocenters. The Morgan fingerprint density at radius 2 is 1.62 bits per heavy atom. The Morgan fingerprint density at radius 1 is 1.00 bits per heavy atom. The van der Waals surface area contributed by atoms with Crippen molar-refractivity contribution in [1.82, 2.24) is 0 Å². The molecule has 0 bridgehead atoms. The van der Waals surface area contributed by atoms with Gasteiger partial charge >= 0.3 is 0 Å². The van der Waals surface area contributed by atoms with E-state index >= 15 is 0 Å². The third kappa shape index (κ3) is 5.80. The number of benzene rings is 2. The van der Waals surface area contributed by atoms with Crippen LogP contribution in [0.1, 0.15) is 30.9 Å². The SMILES string of the molecule is C=C(C)C[C@@H]1C[C@H](OCc2ccccc2)[C@@H](COCc2ccccc2)O1. The van der Waals surface area contributed by atoms with Crippen molar-refractivity contribution in [2.24, 2.45) is 0 Å². The van der Waals surface area contributed by atoms with Crippen LogP contribution in [0.25, 0.3) is 0 Å². The summed E-state index contributed by atoms with van der Waals surface area (Å²) < 4.78 is 18.3. The smallest absolute Gasteiger partial charge is 0.107 e. The molecule has 2 aromatic rings. The van der Waals surface area contributed by atoms with Crippen LogP contribution < -0.4 is 0 Å². The number of hydrogen-bond donors (Lipinski definition) is 0. The minimum absolute atomic E-state index is 0.0354. The molecule has 1 heterocycles. The normalized spacial score (nSPS) is 22.4. The summed E-state index contributed by atoms with van der Waals surface area (Å²) in [7, 11) is 0. The molecule has 1 saturated heterocycles. The Morgan fingerprint density at radius 3 is 2.23 bits per heavy atom. The topological polar surface area (TPSA) is 27.7 Å². The van der Waals surface area contributed by atoms with Gasteiger partial charge in [0.1, 0.15) is 6.10 Å². The summed E-state index contributed by atoms with van der Waals surface area (Å²) in [6.07, 6.45) is 1.94. The number of hydrogen-bond acceptors (Lipinski definition) is 3. The van der Waals surface area contributed by atoms with E-state index in [1.54, 1.807) is 0 Å². The Labute approximate surface area is 156 Å². The van der Waals surface area contributed by atoms with Crippen LogP contribution in [0, 0.1) is 0 Å². The fourth-order valence-corrected chi connectivity index (χ4v) is 3.29. The van der Waals surface area contributed by atoms with Crippen molar-refractivity contribution >= 4 is 0 Å². The van der Waals surface area contributed by atoms with E-state index in [0.717, 1.165) is 18.4 Å². The zero-order chi connectivity index (χ0) is 18.2. The highest BCUT2D eigenvalue weighted by atomic mass is 16.6. The maximum absolute atomic E-state index is 6.20. The molecule has 0 unspecified atom stereocenters. The van der Waals surface area contributed by atoms with Crippen LogP contribution in [0.3, 0.4) is 0 Å². The van der Waals surface area contributed by atoms with E-state index in [1.165, 1.54) is 11.1 Å². The summed E-state index contributed by atoms with van der Waals surface area (Å²) in [5.74, 6) is 0. The molecule has 138 valence electrons. The Bertz CT molecular complexity index is 668. The van der Waals surface area contributed by atoms with E-state index in [1.807, 2.05) is 43.3 Å². The Hall–Kier alpha value is -1.94. The Kier molecular flexibility index (Phi) is 7.01. The highest BCUT2D eigenvalue weighted by Crippen LogP contribution is 2.28. The van der Waals surface area contributed by atoms with Gasteiger partial charge in [0.05, 0.1) is 32.0 Å². The summed E-state index contributed by atoms with van der Waals surface area (Å²) in [4.78, 5) is 0. The van der Waals surface area contributed by atoms with Gasteiger partial charge in [0.2, 0.25) is 0 Å². The van der Waals surface area contributed by atoms with Crippen molar-refractivity contribution < 1.29 is 14.2 Å². The average Bonchev–Trinajstić information content (AvgIpc) is 3.02. The average molecular weight is 352 g/mol. The molecule has 3 nitrogen and oxygen atoms in total. The second-order valence-corrected chi connectivity index (χ2v) is 7.03. The van der Waals surface area contributed by atoms with Crippen LogP contribution in [0.5, 0.6) is 0 Å². The van der Waals surface area contributed by atoms with Gasteiger partial charge in [-0.2, -0.15) is 0 Å². The van der Waals surface area contributed by atoms with Gasteiger partial charge < -0.3 is 14.2 Å². The first kappa shape index (κ1) is 18.8. The van der Waals surface area contributed by atoms with Gasteiger partial charge in [0, 0.05) is 6.42 Å².